The standard InChI is InChI=1S/C20H25F2N5O/c1-14-6-5-7-15(25-14)12-24-20(23-2)26-16-10-11-27(13-16)17-8-3-4-9-18(17)28-19(21)22/h3-9,16,19H,10-13H2,1-2H3,(H2,23,24,26). The largest absolute Gasteiger partial charge is 0.433 e. The average Bonchev–Trinajstić information content (AvgIpc) is 3.13. The summed E-state index contributed by atoms with van der Waals surface area (Å²) in [6.45, 7) is 1.11. The molecule has 6 nitrogen and oxygen atoms in total. The number of alkyl halides is 2. The molecular formula is C20H25F2N5O. The zero-order chi connectivity index (χ0) is 19.9. The second-order valence-electron chi connectivity index (χ2n) is 6.62. The fourth-order valence-electron chi connectivity index (χ4n) is 3.27. The summed E-state index contributed by atoms with van der Waals surface area (Å²) in [6, 6.07) is 12.9. The number of halogens is 2. The molecule has 0 saturated carbocycles. The number of benzene rings is 1. The normalized spacial score (nSPS) is 17.1. The van der Waals surface area contributed by atoms with E-state index in [1.165, 1.54) is 0 Å². The van der Waals surface area contributed by atoms with Crippen LogP contribution in [0.15, 0.2) is 47.5 Å². The molecule has 1 aromatic carbocycles. The van der Waals surface area contributed by atoms with Gasteiger partial charge < -0.3 is 20.3 Å². The minimum atomic E-state index is -2.84. The van der Waals surface area contributed by atoms with Crippen LogP contribution in [0.5, 0.6) is 5.75 Å². The molecule has 2 aromatic rings. The molecule has 0 bridgehead atoms. The summed E-state index contributed by atoms with van der Waals surface area (Å²) >= 11 is 0. The summed E-state index contributed by atoms with van der Waals surface area (Å²) in [4.78, 5) is 10.8. The van der Waals surface area contributed by atoms with Gasteiger partial charge in [-0.2, -0.15) is 8.78 Å². The second-order valence-corrected chi connectivity index (χ2v) is 6.62. The Balaban J connectivity index is 1.56. The highest BCUT2D eigenvalue weighted by Gasteiger charge is 2.26. The smallest absolute Gasteiger partial charge is 0.387 e. The number of para-hydroxylation sites is 2. The second kappa shape index (κ2) is 9.34. The number of nitrogens with zero attached hydrogens (tertiary/aromatic N) is 3. The average molecular weight is 389 g/mol. The first-order valence-electron chi connectivity index (χ1n) is 9.23. The van der Waals surface area contributed by atoms with Gasteiger partial charge in [0.15, 0.2) is 5.96 Å². The van der Waals surface area contributed by atoms with Gasteiger partial charge in [0.25, 0.3) is 0 Å². The van der Waals surface area contributed by atoms with Crippen molar-refractivity contribution in [3.8, 4) is 5.75 Å². The summed E-state index contributed by atoms with van der Waals surface area (Å²) in [5, 5.41) is 6.66. The molecule has 1 aliphatic rings. The first-order valence-corrected chi connectivity index (χ1v) is 9.23. The molecule has 1 unspecified atom stereocenters. The van der Waals surface area contributed by atoms with E-state index in [0.717, 1.165) is 24.4 Å². The molecule has 1 aliphatic heterocycles. The van der Waals surface area contributed by atoms with Crippen LogP contribution in [0.4, 0.5) is 14.5 Å². The van der Waals surface area contributed by atoms with Gasteiger partial charge in [-0.3, -0.25) is 9.98 Å². The summed E-state index contributed by atoms with van der Waals surface area (Å²) < 4.78 is 30.0. The number of aromatic nitrogens is 1. The van der Waals surface area contributed by atoms with Gasteiger partial charge in [-0.1, -0.05) is 18.2 Å². The van der Waals surface area contributed by atoms with Crippen LogP contribution in [-0.4, -0.2) is 43.7 Å². The lowest BCUT2D eigenvalue weighted by molar-refractivity contribution is -0.0495. The van der Waals surface area contributed by atoms with Crippen LogP contribution >= 0.6 is 0 Å². The van der Waals surface area contributed by atoms with Crippen molar-refractivity contribution in [1.82, 2.24) is 15.6 Å². The summed E-state index contributed by atoms with van der Waals surface area (Å²) in [5.41, 5.74) is 2.59. The van der Waals surface area contributed by atoms with E-state index in [9.17, 15) is 8.78 Å². The van der Waals surface area contributed by atoms with E-state index in [0.29, 0.717) is 24.7 Å². The van der Waals surface area contributed by atoms with Crippen molar-refractivity contribution in [3.05, 3.63) is 53.9 Å². The SMILES string of the molecule is CN=C(NCc1cccc(C)n1)NC1CCN(c2ccccc2OC(F)F)C1. The van der Waals surface area contributed by atoms with Gasteiger partial charge >= 0.3 is 6.61 Å². The lowest BCUT2D eigenvalue weighted by Gasteiger charge is -2.22. The number of nitrogens with one attached hydrogen (secondary N) is 2. The number of anilines is 1. The molecule has 2 N–H and O–H groups in total. The van der Waals surface area contributed by atoms with Crippen molar-refractivity contribution in [2.45, 2.75) is 32.5 Å². The molecule has 0 aliphatic carbocycles. The van der Waals surface area contributed by atoms with Crippen molar-refractivity contribution < 1.29 is 13.5 Å². The lowest BCUT2D eigenvalue weighted by Crippen LogP contribution is -2.44. The highest BCUT2D eigenvalue weighted by atomic mass is 19.3. The molecule has 1 fully saturated rings. The van der Waals surface area contributed by atoms with Gasteiger partial charge in [0, 0.05) is 31.9 Å². The maximum Gasteiger partial charge on any atom is 0.387 e. The van der Waals surface area contributed by atoms with Crippen LogP contribution in [-0.2, 0) is 6.54 Å². The molecular weight excluding hydrogens is 364 g/mol. The first-order chi connectivity index (χ1) is 13.5. The third-order valence-corrected chi connectivity index (χ3v) is 4.56. The Morgan fingerprint density at radius 2 is 2.11 bits per heavy atom. The minimum Gasteiger partial charge on any atom is -0.433 e. The number of guanidine groups is 1. The molecule has 1 saturated heterocycles. The number of pyridine rings is 1. The Kier molecular flexibility index (Phi) is 6.62. The summed E-state index contributed by atoms with van der Waals surface area (Å²) in [7, 11) is 1.72. The monoisotopic (exact) mass is 389 g/mol. The Hall–Kier alpha value is -2.90. The third kappa shape index (κ3) is 5.31. The maximum atomic E-state index is 12.6. The maximum absolute atomic E-state index is 12.6. The number of ether oxygens (including phenoxy) is 1. The molecule has 3 rings (SSSR count). The molecule has 150 valence electrons. The zero-order valence-corrected chi connectivity index (χ0v) is 16.0. The van der Waals surface area contributed by atoms with Crippen molar-refractivity contribution in [2.24, 2.45) is 4.99 Å². The topological polar surface area (TPSA) is 61.8 Å². The number of hydrogen-bond donors (Lipinski definition) is 2. The molecule has 1 atom stereocenters. The van der Waals surface area contributed by atoms with E-state index in [4.69, 9.17) is 0 Å². The van der Waals surface area contributed by atoms with Gasteiger partial charge in [-0.25, -0.2) is 0 Å². The molecule has 0 spiro atoms. The predicted octanol–water partition coefficient (Wildman–Crippen LogP) is 2.94. The van der Waals surface area contributed by atoms with Crippen LogP contribution in [0.2, 0.25) is 0 Å². The van der Waals surface area contributed by atoms with E-state index in [2.05, 4.69) is 25.3 Å². The number of aliphatic imine (C=N–C) groups is 1. The molecule has 8 heteroatoms. The zero-order valence-electron chi connectivity index (χ0n) is 16.0. The number of rotatable bonds is 6. The molecule has 2 heterocycles. The van der Waals surface area contributed by atoms with Crippen LogP contribution in [0.1, 0.15) is 17.8 Å². The Bertz CT molecular complexity index is 815. The van der Waals surface area contributed by atoms with Crippen molar-refractivity contribution >= 4 is 11.6 Å². The van der Waals surface area contributed by atoms with Gasteiger partial charge in [0.05, 0.1) is 17.9 Å². The predicted molar refractivity (Wildman–Crippen MR) is 106 cm³/mol. The lowest BCUT2D eigenvalue weighted by atomic mass is 10.2. The quantitative estimate of drug-likeness (QED) is 0.588. The fourth-order valence-corrected chi connectivity index (χ4v) is 3.27. The Labute approximate surface area is 163 Å². The fraction of sp³-hybridized carbons (Fsp3) is 0.400. The van der Waals surface area contributed by atoms with Gasteiger partial charge in [-0.05, 0) is 37.6 Å². The van der Waals surface area contributed by atoms with Crippen LogP contribution in [0.25, 0.3) is 0 Å². The Morgan fingerprint density at radius 3 is 2.86 bits per heavy atom. The van der Waals surface area contributed by atoms with E-state index in [1.54, 1.807) is 25.2 Å². The third-order valence-electron chi connectivity index (χ3n) is 4.56. The highest BCUT2D eigenvalue weighted by molar-refractivity contribution is 5.80. The number of hydrogen-bond acceptors (Lipinski definition) is 4. The van der Waals surface area contributed by atoms with E-state index in [1.807, 2.05) is 36.1 Å². The van der Waals surface area contributed by atoms with Gasteiger partial charge in [0.1, 0.15) is 5.75 Å². The Morgan fingerprint density at radius 1 is 1.29 bits per heavy atom. The van der Waals surface area contributed by atoms with Crippen LogP contribution < -0.4 is 20.3 Å². The summed E-state index contributed by atoms with van der Waals surface area (Å²) in [5.74, 6) is 0.887. The highest BCUT2D eigenvalue weighted by Crippen LogP contribution is 2.31. The van der Waals surface area contributed by atoms with Gasteiger partial charge in [-0.15, -0.1) is 0 Å². The molecule has 0 radical (unpaired) electrons. The van der Waals surface area contributed by atoms with Crippen LogP contribution in [0.3, 0.4) is 0 Å². The molecule has 1 aromatic heterocycles. The molecule has 0 amide bonds. The van der Waals surface area contributed by atoms with Crippen LogP contribution in [0, 0.1) is 6.92 Å². The minimum absolute atomic E-state index is 0.149. The van der Waals surface area contributed by atoms with E-state index < -0.39 is 6.61 Å². The van der Waals surface area contributed by atoms with Gasteiger partial charge in [0.2, 0.25) is 0 Å². The number of aryl methyl sites for hydroxylation is 1. The molecule has 28 heavy (non-hydrogen) atoms. The van der Waals surface area contributed by atoms with E-state index in [-0.39, 0.29) is 11.8 Å². The van der Waals surface area contributed by atoms with E-state index >= 15 is 0 Å². The van der Waals surface area contributed by atoms with Crippen molar-refractivity contribution in [2.75, 3.05) is 25.0 Å². The first kappa shape index (κ1) is 19.9. The summed E-state index contributed by atoms with van der Waals surface area (Å²) in [6.07, 6.45) is 0.867. The van der Waals surface area contributed by atoms with Crippen molar-refractivity contribution in [1.29, 1.82) is 0 Å². The van der Waals surface area contributed by atoms with Crippen molar-refractivity contribution in [3.63, 3.8) is 0 Å².